The lowest BCUT2D eigenvalue weighted by atomic mass is 10.1. The Kier molecular flexibility index (Phi) is 6.53. The average Bonchev–Trinajstić information content (AvgIpc) is 2.96. The molecule has 2 atom stereocenters. The molecule has 0 bridgehead atoms. The Hall–Kier alpha value is -1.18. The molecule has 1 aliphatic heterocycles. The number of nitrogens with one attached hydrogen (secondary N) is 2. The van der Waals surface area contributed by atoms with Crippen LogP contribution in [0.25, 0.3) is 0 Å². The molecule has 5 nitrogen and oxygen atoms in total. The standard InChI is InChI=1S/C18H21Cl2N3O2S/c1-11-8-23(9-12(2)25-11)10-17(24)22-18-21-7-15(26-18)6-13-5-14(19)3-4-16(13)20/h3-5,7,11-12H,6,8-10H2,1-2H3,(H,21,22,24)/p+1/t11-,12-/m1/s1. The summed E-state index contributed by atoms with van der Waals surface area (Å²) >= 11 is 13.7. The van der Waals surface area contributed by atoms with Gasteiger partial charge in [0.15, 0.2) is 11.7 Å². The third kappa shape index (κ3) is 5.41. The molecule has 3 rings (SSSR count). The molecule has 2 aromatic rings. The number of hydrogen-bond donors (Lipinski definition) is 2. The second-order valence-corrected chi connectivity index (χ2v) is 8.64. The molecule has 0 aliphatic carbocycles. The van der Waals surface area contributed by atoms with Crippen molar-refractivity contribution in [1.29, 1.82) is 0 Å². The largest absolute Gasteiger partial charge is 0.364 e. The summed E-state index contributed by atoms with van der Waals surface area (Å²) in [5.74, 6) is -0.0250. The fraction of sp³-hybridized carbons (Fsp3) is 0.444. The van der Waals surface area contributed by atoms with Gasteiger partial charge in [-0.1, -0.05) is 23.2 Å². The molecule has 2 N–H and O–H groups in total. The van der Waals surface area contributed by atoms with Crippen LogP contribution >= 0.6 is 34.5 Å². The Morgan fingerprint density at radius 1 is 1.35 bits per heavy atom. The number of morpholine rings is 1. The molecule has 26 heavy (non-hydrogen) atoms. The van der Waals surface area contributed by atoms with Crippen LogP contribution in [-0.2, 0) is 16.0 Å². The van der Waals surface area contributed by atoms with E-state index < -0.39 is 0 Å². The minimum atomic E-state index is -0.0250. The van der Waals surface area contributed by atoms with Crippen LogP contribution in [0.4, 0.5) is 5.13 Å². The van der Waals surface area contributed by atoms with Crippen LogP contribution in [0.15, 0.2) is 24.4 Å². The van der Waals surface area contributed by atoms with Crippen molar-refractivity contribution in [1.82, 2.24) is 4.98 Å². The molecule has 1 aliphatic rings. The van der Waals surface area contributed by atoms with Crippen molar-refractivity contribution in [3.8, 4) is 0 Å². The first-order chi connectivity index (χ1) is 12.4. The molecular weight excluding hydrogens is 393 g/mol. The van der Waals surface area contributed by atoms with Crippen LogP contribution in [0.5, 0.6) is 0 Å². The number of carbonyl (C=O) groups excluding carboxylic acids is 1. The number of aromatic nitrogens is 1. The van der Waals surface area contributed by atoms with Crippen molar-refractivity contribution < 1.29 is 14.4 Å². The van der Waals surface area contributed by atoms with Gasteiger partial charge < -0.3 is 9.64 Å². The molecule has 0 radical (unpaired) electrons. The molecule has 1 amide bonds. The van der Waals surface area contributed by atoms with Gasteiger partial charge in [-0.2, -0.15) is 0 Å². The van der Waals surface area contributed by atoms with Gasteiger partial charge in [0.1, 0.15) is 25.3 Å². The zero-order valence-electron chi connectivity index (χ0n) is 14.7. The van der Waals surface area contributed by atoms with Gasteiger partial charge in [-0.15, -0.1) is 11.3 Å². The smallest absolute Gasteiger partial charge is 0.281 e. The van der Waals surface area contributed by atoms with Gasteiger partial charge in [-0.05, 0) is 37.6 Å². The molecule has 1 aromatic carbocycles. The molecule has 0 saturated carbocycles. The van der Waals surface area contributed by atoms with Crippen LogP contribution in [0.3, 0.4) is 0 Å². The zero-order chi connectivity index (χ0) is 18.7. The Bertz CT molecular complexity index is 774. The second kappa shape index (κ2) is 8.67. The maximum absolute atomic E-state index is 12.3. The molecule has 1 fully saturated rings. The molecule has 140 valence electrons. The quantitative estimate of drug-likeness (QED) is 0.790. The van der Waals surface area contributed by atoms with Gasteiger partial charge in [0.25, 0.3) is 5.91 Å². The van der Waals surface area contributed by atoms with Crippen molar-refractivity contribution in [2.24, 2.45) is 0 Å². The molecule has 1 aromatic heterocycles. The highest BCUT2D eigenvalue weighted by molar-refractivity contribution is 7.15. The number of thiazole rings is 1. The zero-order valence-corrected chi connectivity index (χ0v) is 17.0. The number of nitrogens with zero attached hydrogens (tertiary/aromatic N) is 1. The van der Waals surface area contributed by atoms with Crippen molar-refractivity contribution >= 4 is 45.6 Å². The summed E-state index contributed by atoms with van der Waals surface area (Å²) in [6.45, 7) is 6.19. The second-order valence-electron chi connectivity index (χ2n) is 6.68. The topological polar surface area (TPSA) is 55.7 Å². The molecule has 0 spiro atoms. The summed E-state index contributed by atoms with van der Waals surface area (Å²) < 4.78 is 5.71. The number of hydrogen-bond acceptors (Lipinski definition) is 4. The van der Waals surface area contributed by atoms with Crippen molar-refractivity contribution in [3.05, 3.63) is 44.9 Å². The first-order valence-electron chi connectivity index (χ1n) is 8.56. The van der Waals surface area contributed by atoms with E-state index in [4.69, 9.17) is 27.9 Å². The Morgan fingerprint density at radius 3 is 2.81 bits per heavy atom. The van der Waals surface area contributed by atoms with Gasteiger partial charge in [-0.25, -0.2) is 4.98 Å². The van der Waals surface area contributed by atoms with Crippen LogP contribution in [0.2, 0.25) is 10.0 Å². The monoisotopic (exact) mass is 414 g/mol. The van der Waals surface area contributed by atoms with E-state index in [1.165, 1.54) is 16.2 Å². The fourth-order valence-corrected chi connectivity index (χ4v) is 4.47. The predicted octanol–water partition coefficient (Wildman–Crippen LogP) is 2.67. The third-order valence-electron chi connectivity index (χ3n) is 4.20. The molecule has 0 unspecified atom stereocenters. The minimum Gasteiger partial charge on any atom is -0.364 e. The molecule has 8 heteroatoms. The van der Waals surface area contributed by atoms with E-state index in [-0.39, 0.29) is 18.1 Å². The first-order valence-corrected chi connectivity index (χ1v) is 10.1. The highest BCUT2D eigenvalue weighted by atomic mass is 35.5. The lowest BCUT2D eigenvalue weighted by molar-refractivity contribution is -0.907. The number of halogens is 2. The summed E-state index contributed by atoms with van der Waals surface area (Å²) in [7, 11) is 0. The maximum Gasteiger partial charge on any atom is 0.281 e. The van der Waals surface area contributed by atoms with E-state index in [2.05, 4.69) is 10.3 Å². The number of rotatable bonds is 5. The third-order valence-corrected chi connectivity index (χ3v) is 5.72. The number of amides is 1. The number of quaternary nitrogens is 1. The van der Waals surface area contributed by atoms with Crippen LogP contribution in [0, 0.1) is 0 Å². The number of ether oxygens (including phenoxy) is 1. The number of carbonyl (C=O) groups is 1. The van der Waals surface area contributed by atoms with Gasteiger partial charge in [0.2, 0.25) is 0 Å². The Morgan fingerprint density at radius 2 is 2.08 bits per heavy atom. The first kappa shape index (κ1) is 19.6. The number of benzene rings is 1. The van der Waals surface area contributed by atoms with E-state index in [0.29, 0.717) is 28.1 Å². The maximum atomic E-state index is 12.3. The average molecular weight is 415 g/mol. The summed E-state index contributed by atoms with van der Waals surface area (Å²) in [5, 5.41) is 4.83. The van der Waals surface area contributed by atoms with E-state index in [9.17, 15) is 4.79 Å². The highest BCUT2D eigenvalue weighted by Gasteiger charge is 2.27. The van der Waals surface area contributed by atoms with Gasteiger partial charge in [-0.3, -0.25) is 10.1 Å². The summed E-state index contributed by atoms with van der Waals surface area (Å²) in [6.07, 6.45) is 2.76. The van der Waals surface area contributed by atoms with E-state index in [1.807, 2.05) is 19.9 Å². The Balaban J connectivity index is 1.56. The molecule has 1 saturated heterocycles. The van der Waals surface area contributed by atoms with Crippen LogP contribution < -0.4 is 10.2 Å². The van der Waals surface area contributed by atoms with Crippen molar-refractivity contribution in [3.63, 3.8) is 0 Å². The molecule has 2 heterocycles. The summed E-state index contributed by atoms with van der Waals surface area (Å²) in [5.41, 5.74) is 0.946. The predicted molar refractivity (Wildman–Crippen MR) is 106 cm³/mol. The van der Waals surface area contributed by atoms with Gasteiger partial charge >= 0.3 is 0 Å². The van der Waals surface area contributed by atoms with E-state index in [1.54, 1.807) is 18.3 Å². The van der Waals surface area contributed by atoms with Crippen molar-refractivity contribution in [2.45, 2.75) is 32.5 Å². The highest BCUT2D eigenvalue weighted by Crippen LogP contribution is 2.26. The van der Waals surface area contributed by atoms with E-state index in [0.717, 1.165) is 23.5 Å². The fourth-order valence-electron chi connectivity index (χ4n) is 3.24. The summed E-state index contributed by atoms with van der Waals surface area (Å²) in [6, 6.07) is 5.41. The van der Waals surface area contributed by atoms with Gasteiger partial charge in [0, 0.05) is 27.5 Å². The van der Waals surface area contributed by atoms with Gasteiger partial charge in [0.05, 0.1) is 0 Å². The van der Waals surface area contributed by atoms with Crippen LogP contribution in [-0.4, -0.2) is 42.7 Å². The minimum absolute atomic E-state index is 0.0250. The number of anilines is 1. The lowest BCUT2D eigenvalue weighted by Crippen LogP contribution is -3.16. The lowest BCUT2D eigenvalue weighted by Gasteiger charge is -2.31. The normalized spacial score (nSPS) is 23.0. The van der Waals surface area contributed by atoms with Crippen molar-refractivity contribution in [2.75, 3.05) is 25.0 Å². The van der Waals surface area contributed by atoms with E-state index >= 15 is 0 Å². The Labute approximate surface area is 167 Å². The molecular formula is C18H22Cl2N3O2S+. The summed E-state index contributed by atoms with van der Waals surface area (Å²) in [4.78, 5) is 18.9. The van der Waals surface area contributed by atoms with Crippen LogP contribution in [0.1, 0.15) is 24.3 Å². The SMILES string of the molecule is C[C@@H]1C[NH+](CC(=O)Nc2ncc(Cc3cc(Cl)ccc3Cl)s2)C[C@@H](C)O1.